The molecule has 3 N–H and O–H groups in total. The number of nitrogens with one attached hydrogen (secondary N) is 1. The minimum absolute atomic E-state index is 0.0679. The summed E-state index contributed by atoms with van der Waals surface area (Å²) in [6.07, 6.45) is 1.73. The molecule has 0 saturated heterocycles. The zero-order chi connectivity index (χ0) is 12.1. The molecule has 2 aromatic rings. The summed E-state index contributed by atoms with van der Waals surface area (Å²) >= 11 is 0. The topological polar surface area (TPSA) is 50.9 Å². The van der Waals surface area contributed by atoms with E-state index in [1.54, 1.807) is 18.3 Å². The number of rotatable bonds is 4. The fraction of sp³-hybridized carbons (Fsp3) is 0.154. The summed E-state index contributed by atoms with van der Waals surface area (Å²) in [6.45, 7) is 0.425. The second-order valence-corrected chi connectivity index (χ2v) is 3.69. The SMILES string of the molecule is NCC(Nc1ccc(F)cc1)c1ccccn1. The highest BCUT2D eigenvalue weighted by Gasteiger charge is 2.09. The molecule has 0 fully saturated rings. The van der Waals surface area contributed by atoms with Crippen LogP contribution in [0.25, 0.3) is 0 Å². The normalized spacial score (nSPS) is 12.1. The van der Waals surface area contributed by atoms with Crippen LogP contribution in [-0.2, 0) is 0 Å². The van der Waals surface area contributed by atoms with Gasteiger partial charge in [0, 0.05) is 18.4 Å². The Morgan fingerprint density at radius 1 is 1.18 bits per heavy atom. The second-order valence-electron chi connectivity index (χ2n) is 3.69. The van der Waals surface area contributed by atoms with Crippen molar-refractivity contribution in [3.05, 3.63) is 60.2 Å². The first-order valence-corrected chi connectivity index (χ1v) is 5.42. The monoisotopic (exact) mass is 231 g/mol. The van der Waals surface area contributed by atoms with E-state index in [9.17, 15) is 4.39 Å². The zero-order valence-corrected chi connectivity index (χ0v) is 9.31. The summed E-state index contributed by atoms with van der Waals surface area (Å²) in [6, 6.07) is 11.8. The summed E-state index contributed by atoms with van der Waals surface area (Å²) < 4.78 is 12.8. The number of anilines is 1. The van der Waals surface area contributed by atoms with Gasteiger partial charge in [0.1, 0.15) is 5.82 Å². The van der Waals surface area contributed by atoms with Crippen LogP contribution in [-0.4, -0.2) is 11.5 Å². The molecular weight excluding hydrogens is 217 g/mol. The molecule has 0 aliphatic carbocycles. The maximum atomic E-state index is 12.8. The van der Waals surface area contributed by atoms with E-state index in [0.717, 1.165) is 11.4 Å². The average molecular weight is 231 g/mol. The lowest BCUT2D eigenvalue weighted by molar-refractivity contribution is 0.627. The minimum atomic E-state index is -0.252. The van der Waals surface area contributed by atoms with Crippen molar-refractivity contribution in [3.63, 3.8) is 0 Å². The molecular formula is C13H14FN3. The van der Waals surface area contributed by atoms with E-state index in [0.29, 0.717) is 6.54 Å². The summed E-state index contributed by atoms with van der Waals surface area (Å²) in [5, 5.41) is 3.22. The van der Waals surface area contributed by atoms with Crippen LogP contribution in [0.3, 0.4) is 0 Å². The molecule has 0 saturated carbocycles. The van der Waals surface area contributed by atoms with Crippen LogP contribution >= 0.6 is 0 Å². The maximum Gasteiger partial charge on any atom is 0.123 e. The summed E-state index contributed by atoms with van der Waals surface area (Å²) in [4.78, 5) is 4.25. The van der Waals surface area contributed by atoms with E-state index in [2.05, 4.69) is 10.3 Å². The van der Waals surface area contributed by atoms with Crippen molar-refractivity contribution in [3.8, 4) is 0 Å². The van der Waals surface area contributed by atoms with Crippen LogP contribution in [0.5, 0.6) is 0 Å². The second kappa shape index (κ2) is 5.41. The number of benzene rings is 1. The molecule has 1 atom stereocenters. The molecule has 0 aliphatic rings. The first-order valence-electron chi connectivity index (χ1n) is 5.42. The predicted molar refractivity (Wildman–Crippen MR) is 66.1 cm³/mol. The van der Waals surface area contributed by atoms with Crippen LogP contribution in [0.1, 0.15) is 11.7 Å². The van der Waals surface area contributed by atoms with Crippen LogP contribution in [0.15, 0.2) is 48.7 Å². The molecule has 3 nitrogen and oxygen atoms in total. The van der Waals surface area contributed by atoms with Gasteiger partial charge in [-0.05, 0) is 36.4 Å². The number of nitrogens with two attached hydrogens (primary N) is 1. The Bertz CT molecular complexity index is 456. The van der Waals surface area contributed by atoms with Gasteiger partial charge < -0.3 is 11.1 Å². The van der Waals surface area contributed by atoms with Gasteiger partial charge >= 0.3 is 0 Å². The van der Waals surface area contributed by atoms with Crippen molar-refractivity contribution in [1.82, 2.24) is 4.98 Å². The van der Waals surface area contributed by atoms with E-state index < -0.39 is 0 Å². The molecule has 1 aromatic carbocycles. The smallest absolute Gasteiger partial charge is 0.123 e. The molecule has 0 amide bonds. The highest BCUT2D eigenvalue weighted by molar-refractivity contribution is 5.44. The Balaban J connectivity index is 2.13. The Morgan fingerprint density at radius 2 is 1.94 bits per heavy atom. The van der Waals surface area contributed by atoms with Gasteiger partial charge in [0.05, 0.1) is 11.7 Å². The van der Waals surface area contributed by atoms with E-state index >= 15 is 0 Å². The van der Waals surface area contributed by atoms with Crippen molar-refractivity contribution in [2.45, 2.75) is 6.04 Å². The number of aromatic nitrogens is 1. The molecule has 88 valence electrons. The van der Waals surface area contributed by atoms with Crippen LogP contribution in [0, 0.1) is 5.82 Å². The Kier molecular flexibility index (Phi) is 3.67. The summed E-state index contributed by atoms with van der Waals surface area (Å²) in [5.41, 5.74) is 7.41. The number of pyridine rings is 1. The minimum Gasteiger partial charge on any atom is -0.375 e. The van der Waals surface area contributed by atoms with Crippen molar-refractivity contribution >= 4 is 5.69 Å². The third kappa shape index (κ3) is 3.01. The predicted octanol–water partition coefficient (Wildman–Crippen LogP) is 2.33. The first-order chi connectivity index (χ1) is 8.29. The Morgan fingerprint density at radius 3 is 2.53 bits per heavy atom. The molecule has 1 aromatic heterocycles. The van der Waals surface area contributed by atoms with Crippen molar-refractivity contribution in [2.75, 3.05) is 11.9 Å². The van der Waals surface area contributed by atoms with Crippen molar-refractivity contribution in [2.24, 2.45) is 5.73 Å². The number of nitrogens with zero attached hydrogens (tertiary/aromatic N) is 1. The van der Waals surface area contributed by atoms with Gasteiger partial charge in [-0.3, -0.25) is 4.98 Å². The average Bonchev–Trinajstić information content (AvgIpc) is 2.39. The highest BCUT2D eigenvalue weighted by Crippen LogP contribution is 2.17. The molecule has 4 heteroatoms. The molecule has 0 spiro atoms. The molecule has 0 aliphatic heterocycles. The molecule has 1 heterocycles. The number of hydrogen-bond acceptors (Lipinski definition) is 3. The van der Waals surface area contributed by atoms with Crippen LogP contribution in [0.4, 0.5) is 10.1 Å². The molecule has 1 unspecified atom stereocenters. The largest absolute Gasteiger partial charge is 0.375 e. The van der Waals surface area contributed by atoms with E-state index in [1.807, 2.05) is 18.2 Å². The molecule has 0 bridgehead atoms. The lowest BCUT2D eigenvalue weighted by Gasteiger charge is -2.17. The third-order valence-corrected chi connectivity index (χ3v) is 2.47. The van der Waals surface area contributed by atoms with Gasteiger partial charge in [-0.25, -0.2) is 4.39 Å². The quantitative estimate of drug-likeness (QED) is 0.849. The lowest BCUT2D eigenvalue weighted by atomic mass is 10.1. The van der Waals surface area contributed by atoms with Gasteiger partial charge in [0.25, 0.3) is 0 Å². The van der Waals surface area contributed by atoms with Crippen molar-refractivity contribution in [1.29, 1.82) is 0 Å². The summed E-state index contributed by atoms with van der Waals surface area (Å²) in [7, 11) is 0. The Hall–Kier alpha value is -1.94. The van der Waals surface area contributed by atoms with Gasteiger partial charge in [-0.2, -0.15) is 0 Å². The fourth-order valence-electron chi connectivity index (χ4n) is 1.58. The van der Waals surface area contributed by atoms with E-state index in [4.69, 9.17) is 5.73 Å². The van der Waals surface area contributed by atoms with Gasteiger partial charge in [-0.1, -0.05) is 6.07 Å². The Labute approximate surface area is 99.5 Å². The van der Waals surface area contributed by atoms with Gasteiger partial charge in [0.15, 0.2) is 0 Å². The lowest BCUT2D eigenvalue weighted by Crippen LogP contribution is -2.21. The molecule has 0 radical (unpaired) electrons. The van der Waals surface area contributed by atoms with E-state index in [-0.39, 0.29) is 11.9 Å². The first kappa shape index (κ1) is 11.5. The van der Waals surface area contributed by atoms with Crippen LogP contribution < -0.4 is 11.1 Å². The summed E-state index contributed by atoms with van der Waals surface area (Å²) in [5.74, 6) is -0.252. The molecule has 17 heavy (non-hydrogen) atoms. The number of halogens is 1. The van der Waals surface area contributed by atoms with Crippen molar-refractivity contribution < 1.29 is 4.39 Å². The standard InChI is InChI=1S/C13H14FN3/c14-10-4-6-11(7-5-10)17-13(9-15)12-3-1-2-8-16-12/h1-8,13,17H,9,15H2. The molecule has 2 rings (SSSR count). The third-order valence-electron chi connectivity index (χ3n) is 2.47. The fourth-order valence-corrected chi connectivity index (χ4v) is 1.58. The highest BCUT2D eigenvalue weighted by atomic mass is 19.1. The maximum absolute atomic E-state index is 12.8. The van der Waals surface area contributed by atoms with E-state index in [1.165, 1.54) is 12.1 Å². The zero-order valence-electron chi connectivity index (χ0n) is 9.31. The van der Waals surface area contributed by atoms with Gasteiger partial charge in [0.2, 0.25) is 0 Å². The van der Waals surface area contributed by atoms with Gasteiger partial charge in [-0.15, -0.1) is 0 Å². The number of hydrogen-bond donors (Lipinski definition) is 2. The van der Waals surface area contributed by atoms with Crippen LogP contribution in [0.2, 0.25) is 0 Å².